The third kappa shape index (κ3) is 3.90. The van der Waals surface area contributed by atoms with Gasteiger partial charge in [0, 0.05) is 0 Å². The summed E-state index contributed by atoms with van der Waals surface area (Å²) in [7, 11) is 0. The Morgan fingerprint density at radius 3 is 2.20 bits per heavy atom. The summed E-state index contributed by atoms with van der Waals surface area (Å²) in [5.74, 6) is 0.796. The van der Waals surface area contributed by atoms with Gasteiger partial charge in [-0.2, -0.15) is 0 Å². The average Bonchev–Trinajstić information content (AvgIpc) is 2.22. The van der Waals surface area contributed by atoms with Crippen molar-refractivity contribution >= 4 is 0 Å². The molecule has 15 heavy (non-hydrogen) atoms. The van der Waals surface area contributed by atoms with Crippen LogP contribution in [0.2, 0.25) is 0 Å². The van der Waals surface area contributed by atoms with Crippen LogP contribution in [0, 0.1) is 6.92 Å². The van der Waals surface area contributed by atoms with Gasteiger partial charge in [-0.15, -0.1) is 0 Å². The molecule has 0 bridgehead atoms. The Morgan fingerprint density at radius 1 is 1.07 bits per heavy atom. The lowest BCUT2D eigenvalue weighted by molar-refractivity contribution is -0.242. The second-order valence-electron chi connectivity index (χ2n) is 3.08. The van der Waals surface area contributed by atoms with E-state index in [0.29, 0.717) is 13.2 Å². The van der Waals surface area contributed by atoms with Crippen molar-refractivity contribution in [3.63, 3.8) is 0 Å². The summed E-state index contributed by atoms with van der Waals surface area (Å²) in [6.07, 6.45) is 0. The van der Waals surface area contributed by atoms with E-state index in [1.54, 1.807) is 0 Å². The van der Waals surface area contributed by atoms with E-state index in [2.05, 4.69) is 0 Å². The Hall–Kier alpha value is -1.06. The monoisotopic (exact) mass is 210 g/mol. The summed E-state index contributed by atoms with van der Waals surface area (Å²) in [4.78, 5) is 0. The predicted octanol–water partition coefficient (Wildman–Crippen LogP) is 2.73. The molecule has 0 aliphatic carbocycles. The standard InChI is InChI=1S/C12H18O3/c1-4-13-12(14-5-2)15-11-9-7-6-8-10(11)3/h6-9,12H,4-5H2,1-3H3. The van der Waals surface area contributed by atoms with Gasteiger partial charge in [-0.25, -0.2) is 0 Å². The molecule has 1 aromatic carbocycles. The second kappa shape index (κ2) is 6.43. The first kappa shape index (κ1) is 12.0. The molecule has 1 rings (SSSR count). The summed E-state index contributed by atoms with van der Waals surface area (Å²) < 4.78 is 16.2. The van der Waals surface area contributed by atoms with E-state index in [0.717, 1.165) is 11.3 Å². The van der Waals surface area contributed by atoms with Crippen molar-refractivity contribution in [3.05, 3.63) is 29.8 Å². The van der Waals surface area contributed by atoms with Crippen molar-refractivity contribution < 1.29 is 14.2 Å². The quantitative estimate of drug-likeness (QED) is 0.676. The van der Waals surface area contributed by atoms with E-state index in [1.807, 2.05) is 45.0 Å². The highest BCUT2D eigenvalue weighted by molar-refractivity contribution is 5.31. The van der Waals surface area contributed by atoms with Gasteiger partial charge < -0.3 is 14.2 Å². The first-order valence-electron chi connectivity index (χ1n) is 5.23. The summed E-state index contributed by atoms with van der Waals surface area (Å²) in [5.41, 5.74) is 1.07. The molecule has 0 fully saturated rings. The first-order valence-corrected chi connectivity index (χ1v) is 5.23. The molecule has 84 valence electrons. The minimum atomic E-state index is -0.610. The van der Waals surface area contributed by atoms with Crippen LogP contribution in [0.5, 0.6) is 5.75 Å². The van der Waals surface area contributed by atoms with Crippen LogP contribution in [0.15, 0.2) is 24.3 Å². The zero-order valence-electron chi connectivity index (χ0n) is 9.53. The molecule has 0 saturated heterocycles. The maximum absolute atomic E-state index is 5.58. The maximum Gasteiger partial charge on any atom is 0.315 e. The fourth-order valence-electron chi connectivity index (χ4n) is 1.18. The van der Waals surface area contributed by atoms with Gasteiger partial charge in [0.25, 0.3) is 0 Å². The molecule has 0 aromatic heterocycles. The van der Waals surface area contributed by atoms with Gasteiger partial charge in [0.15, 0.2) is 0 Å². The zero-order chi connectivity index (χ0) is 11.1. The fourth-order valence-corrected chi connectivity index (χ4v) is 1.18. The molecule has 0 amide bonds. The van der Waals surface area contributed by atoms with Gasteiger partial charge in [0.05, 0.1) is 13.2 Å². The Kier molecular flexibility index (Phi) is 5.15. The van der Waals surface area contributed by atoms with E-state index in [9.17, 15) is 0 Å². The number of hydrogen-bond acceptors (Lipinski definition) is 3. The third-order valence-corrected chi connectivity index (χ3v) is 1.92. The largest absolute Gasteiger partial charge is 0.441 e. The third-order valence-electron chi connectivity index (χ3n) is 1.92. The van der Waals surface area contributed by atoms with Crippen molar-refractivity contribution in [1.29, 1.82) is 0 Å². The Bertz CT molecular complexity index is 280. The van der Waals surface area contributed by atoms with Gasteiger partial charge in [0.1, 0.15) is 5.75 Å². The van der Waals surface area contributed by atoms with E-state index in [1.165, 1.54) is 0 Å². The minimum absolute atomic E-state index is 0.566. The number of aryl methyl sites for hydroxylation is 1. The molecule has 0 unspecified atom stereocenters. The van der Waals surface area contributed by atoms with Crippen LogP contribution in [-0.2, 0) is 9.47 Å². The van der Waals surface area contributed by atoms with Gasteiger partial charge in [-0.3, -0.25) is 0 Å². The predicted molar refractivity (Wildman–Crippen MR) is 58.8 cm³/mol. The highest BCUT2D eigenvalue weighted by Gasteiger charge is 2.10. The van der Waals surface area contributed by atoms with Gasteiger partial charge in [0.2, 0.25) is 0 Å². The molecule has 3 nitrogen and oxygen atoms in total. The van der Waals surface area contributed by atoms with Crippen LogP contribution < -0.4 is 4.74 Å². The van der Waals surface area contributed by atoms with Gasteiger partial charge in [-0.05, 0) is 32.4 Å². The normalized spacial score (nSPS) is 10.7. The van der Waals surface area contributed by atoms with Gasteiger partial charge >= 0.3 is 6.48 Å². The van der Waals surface area contributed by atoms with Crippen molar-refractivity contribution in [2.45, 2.75) is 27.2 Å². The van der Waals surface area contributed by atoms with E-state index in [-0.39, 0.29) is 0 Å². The van der Waals surface area contributed by atoms with E-state index in [4.69, 9.17) is 14.2 Å². The van der Waals surface area contributed by atoms with Crippen LogP contribution in [0.25, 0.3) is 0 Å². The van der Waals surface area contributed by atoms with Crippen LogP contribution in [0.4, 0.5) is 0 Å². The van der Waals surface area contributed by atoms with Crippen LogP contribution in [-0.4, -0.2) is 19.7 Å². The number of hydrogen-bond donors (Lipinski definition) is 0. The summed E-state index contributed by atoms with van der Waals surface area (Å²) >= 11 is 0. The Labute approximate surface area is 91.0 Å². The van der Waals surface area contributed by atoms with E-state index < -0.39 is 6.48 Å². The van der Waals surface area contributed by atoms with Crippen molar-refractivity contribution in [1.82, 2.24) is 0 Å². The molecule has 0 spiro atoms. The molecule has 0 heterocycles. The van der Waals surface area contributed by atoms with Crippen molar-refractivity contribution in [2.75, 3.05) is 13.2 Å². The topological polar surface area (TPSA) is 27.7 Å². The minimum Gasteiger partial charge on any atom is -0.441 e. The molecule has 3 heteroatoms. The molecule has 0 N–H and O–H groups in total. The maximum atomic E-state index is 5.58. The van der Waals surface area contributed by atoms with Crippen molar-refractivity contribution in [3.8, 4) is 5.75 Å². The number of rotatable bonds is 6. The van der Waals surface area contributed by atoms with Crippen LogP contribution >= 0.6 is 0 Å². The van der Waals surface area contributed by atoms with Gasteiger partial charge in [-0.1, -0.05) is 18.2 Å². The number of ether oxygens (including phenoxy) is 3. The Balaban J connectivity index is 2.60. The first-order chi connectivity index (χ1) is 7.27. The Morgan fingerprint density at radius 2 is 1.67 bits per heavy atom. The molecule has 0 aliphatic heterocycles. The number of benzene rings is 1. The fraction of sp³-hybridized carbons (Fsp3) is 0.500. The molecule has 1 aromatic rings. The lowest BCUT2D eigenvalue weighted by Crippen LogP contribution is -2.24. The smallest absolute Gasteiger partial charge is 0.315 e. The highest BCUT2D eigenvalue weighted by Crippen LogP contribution is 2.18. The lowest BCUT2D eigenvalue weighted by Gasteiger charge is -2.19. The molecule has 0 saturated carbocycles. The lowest BCUT2D eigenvalue weighted by atomic mass is 10.2. The number of para-hydroxylation sites is 1. The highest BCUT2D eigenvalue weighted by atomic mass is 16.8. The molecular formula is C12H18O3. The van der Waals surface area contributed by atoms with E-state index >= 15 is 0 Å². The molecule has 0 radical (unpaired) electrons. The summed E-state index contributed by atoms with van der Waals surface area (Å²) in [6, 6.07) is 7.79. The summed E-state index contributed by atoms with van der Waals surface area (Å²) in [6.45, 7) is 6.33. The molecule has 0 aliphatic rings. The molecular weight excluding hydrogens is 192 g/mol. The molecule has 0 atom stereocenters. The average molecular weight is 210 g/mol. The van der Waals surface area contributed by atoms with Crippen molar-refractivity contribution in [2.24, 2.45) is 0 Å². The SMILES string of the molecule is CCOC(OCC)Oc1ccccc1C. The van der Waals surface area contributed by atoms with Crippen LogP contribution in [0.3, 0.4) is 0 Å². The summed E-state index contributed by atoms with van der Waals surface area (Å²) in [5, 5.41) is 0. The zero-order valence-corrected chi connectivity index (χ0v) is 9.53. The van der Waals surface area contributed by atoms with Crippen LogP contribution in [0.1, 0.15) is 19.4 Å². The second-order valence-corrected chi connectivity index (χ2v) is 3.08.